The number of hydrogen-bond acceptors (Lipinski definition) is 4. The van der Waals surface area contributed by atoms with Crippen LogP contribution in [0.1, 0.15) is 32.4 Å². The number of benzene rings is 3. The lowest BCUT2D eigenvalue weighted by Gasteiger charge is -2.36. The van der Waals surface area contributed by atoms with E-state index in [-0.39, 0.29) is 17.2 Å². The van der Waals surface area contributed by atoms with Crippen LogP contribution >= 0.6 is 11.8 Å². The van der Waals surface area contributed by atoms with Crippen molar-refractivity contribution in [3.63, 3.8) is 0 Å². The maximum Gasteiger partial charge on any atom is 0.416 e. The predicted octanol–water partition coefficient (Wildman–Crippen LogP) is 5.48. The molecule has 3 aromatic rings. The summed E-state index contributed by atoms with van der Waals surface area (Å²) in [6, 6.07) is 22.8. The maximum absolute atomic E-state index is 13.1. The van der Waals surface area contributed by atoms with E-state index in [1.54, 1.807) is 34.9 Å². The first-order valence-corrected chi connectivity index (χ1v) is 13.6. The Morgan fingerprint density at radius 1 is 0.895 bits per heavy atom. The summed E-state index contributed by atoms with van der Waals surface area (Å²) in [4.78, 5) is 31.2. The van der Waals surface area contributed by atoms with Gasteiger partial charge in [-0.05, 0) is 47.9 Å². The zero-order valence-corrected chi connectivity index (χ0v) is 21.5. The number of amides is 2. The van der Waals surface area contributed by atoms with Crippen LogP contribution < -0.4 is 4.90 Å². The Kier molecular flexibility index (Phi) is 7.65. The van der Waals surface area contributed by atoms with E-state index in [9.17, 15) is 22.8 Å². The van der Waals surface area contributed by atoms with Gasteiger partial charge in [-0.2, -0.15) is 13.2 Å². The molecule has 2 amide bonds. The first-order chi connectivity index (χ1) is 18.3. The van der Waals surface area contributed by atoms with Crippen LogP contribution in [0.15, 0.2) is 78.9 Å². The minimum Gasteiger partial charge on any atom is -0.368 e. The Labute approximate surface area is 224 Å². The maximum atomic E-state index is 13.1. The second-order valence-electron chi connectivity index (χ2n) is 9.44. The van der Waals surface area contributed by atoms with Crippen molar-refractivity contribution in [1.82, 2.24) is 9.80 Å². The van der Waals surface area contributed by atoms with Crippen molar-refractivity contribution in [1.29, 1.82) is 0 Å². The molecule has 2 aliphatic rings. The molecular weight excluding hydrogens is 511 g/mol. The van der Waals surface area contributed by atoms with Crippen molar-refractivity contribution in [2.75, 3.05) is 43.4 Å². The van der Waals surface area contributed by atoms with Crippen molar-refractivity contribution < 1.29 is 22.8 Å². The van der Waals surface area contributed by atoms with E-state index in [0.29, 0.717) is 49.7 Å². The summed E-state index contributed by atoms with van der Waals surface area (Å²) >= 11 is 1.59. The first-order valence-electron chi connectivity index (χ1n) is 12.6. The van der Waals surface area contributed by atoms with Crippen LogP contribution in [0, 0.1) is 0 Å². The number of anilines is 1. The molecule has 0 aliphatic carbocycles. The SMILES string of the molecule is O=C(c1ccc([C@@H]2SCC(=O)N2CCc2ccccc2)cc1)N1CCN(c2cccc(C(F)(F)F)c2)CC1. The molecular formula is C29H28F3N3O2S. The van der Waals surface area contributed by atoms with Crippen molar-refractivity contribution >= 4 is 29.3 Å². The fourth-order valence-electron chi connectivity index (χ4n) is 4.89. The molecule has 0 radical (unpaired) electrons. The lowest BCUT2D eigenvalue weighted by Crippen LogP contribution is -2.48. The summed E-state index contributed by atoms with van der Waals surface area (Å²) in [6.07, 6.45) is -3.60. The zero-order valence-electron chi connectivity index (χ0n) is 20.7. The summed E-state index contributed by atoms with van der Waals surface area (Å²) in [5, 5.41) is -0.0774. The fraction of sp³-hybridized carbons (Fsp3) is 0.310. The van der Waals surface area contributed by atoms with Crippen LogP contribution in [0.4, 0.5) is 18.9 Å². The Hall–Kier alpha value is -3.46. The van der Waals surface area contributed by atoms with E-state index in [2.05, 4.69) is 12.1 Å². The smallest absolute Gasteiger partial charge is 0.368 e. The minimum atomic E-state index is -4.39. The Morgan fingerprint density at radius 2 is 1.61 bits per heavy atom. The molecule has 38 heavy (non-hydrogen) atoms. The zero-order chi connectivity index (χ0) is 26.7. The van der Waals surface area contributed by atoms with Crippen LogP contribution in [0.2, 0.25) is 0 Å². The highest BCUT2D eigenvalue weighted by atomic mass is 32.2. The van der Waals surface area contributed by atoms with Gasteiger partial charge in [-0.15, -0.1) is 11.8 Å². The molecule has 1 atom stereocenters. The summed E-state index contributed by atoms with van der Waals surface area (Å²) < 4.78 is 39.2. The third kappa shape index (κ3) is 5.83. The van der Waals surface area contributed by atoms with Crippen LogP contribution in [0.3, 0.4) is 0 Å². The van der Waals surface area contributed by atoms with E-state index in [1.807, 2.05) is 40.1 Å². The molecule has 0 bridgehead atoms. The number of nitrogens with zero attached hydrogens (tertiary/aromatic N) is 3. The Morgan fingerprint density at radius 3 is 2.29 bits per heavy atom. The molecule has 0 saturated carbocycles. The van der Waals surface area contributed by atoms with Gasteiger partial charge in [0.15, 0.2) is 0 Å². The van der Waals surface area contributed by atoms with Gasteiger partial charge in [0.05, 0.1) is 11.3 Å². The largest absolute Gasteiger partial charge is 0.416 e. The molecule has 0 aromatic heterocycles. The molecule has 2 aliphatic heterocycles. The highest BCUT2D eigenvalue weighted by Crippen LogP contribution is 2.39. The normalized spacial score (nSPS) is 18.2. The van der Waals surface area contributed by atoms with Crippen molar-refractivity contribution in [2.24, 2.45) is 0 Å². The van der Waals surface area contributed by atoms with E-state index in [4.69, 9.17) is 0 Å². The monoisotopic (exact) mass is 539 g/mol. The molecule has 198 valence electrons. The molecule has 2 fully saturated rings. The van der Waals surface area contributed by atoms with E-state index in [0.717, 1.165) is 24.1 Å². The van der Waals surface area contributed by atoms with E-state index < -0.39 is 11.7 Å². The van der Waals surface area contributed by atoms with Gasteiger partial charge in [0.2, 0.25) is 5.91 Å². The summed E-state index contributed by atoms with van der Waals surface area (Å²) in [7, 11) is 0. The van der Waals surface area contributed by atoms with Gasteiger partial charge >= 0.3 is 6.18 Å². The number of carbonyl (C=O) groups is 2. The number of thioether (sulfide) groups is 1. The second-order valence-corrected chi connectivity index (χ2v) is 10.5. The number of alkyl halides is 3. The van der Waals surface area contributed by atoms with Gasteiger partial charge in [0, 0.05) is 44.0 Å². The second kappa shape index (κ2) is 11.1. The average molecular weight is 540 g/mol. The molecule has 5 rings (SSSR count). The summed E-state index contributed by atoms with van der Waals surface area (Å²) in [5.41, 5.74) is 2.57. The van der Waals surface area contributed by atoms with Crippen LogP contribution in [-0.4, -0.2) is 60.1 Å². The number of halogens is 3. The predicted molar refractivity (Wildman–Crippen MR) is 143 cm³/mol. The number of hydrogen-bond donors (Lipinski definition) is 0. The van der Waals surface area contributed by atoms with Crippen LogP contribution in [-0.2, 0) is 17.4 Å². The van der Waals surface area contributed by atoms with Crippen LogP contribution in [0.25, 0.3) is 0 Å². The third-order valence-electron chi connectivity index (χ3n) is 7.00. The lowest BCUT2D eigenvalue weighted by atomic mass is 10.1. The minimum absolute atomic E-state index is 0.0774. The quantitative estimate of drug-likeness (QED) is 0.416. The number of rotatable bonds is 6. The number of carbonyl (C=O) groups excluding carboxylic acids is 2. The summed E-state index contributed by atoms with van der Waals surface area (Å²) in [6.45, 7) is 2.41. The highest BCUT2D eigenvalue weighted by molar-refractivity contribution is 8.00. The first kappa shape index (κ1) is 26.2. The van der Waals surface area contributed by atoms with Gasteiger partial charge in [0.25, 0.3) is 5.91 Å². The van der Waals surface area contributed by atoms with Gasteiger partial charge < -0.3 is 14.7 Å². The standard InChI is InChI=1S/C29H28F3N3O2S/c30-29(31,32)24-7-4-8-25(19-24)33-15-17-34(18-16-33)27(37)22-9-11-23(12-10-22)28-35(26(36)20-38-28)14-13-21-5-2-1-3-6-21/h1-12,19,28H,13-18,20H2/t28-/m0/s1. The molecule has 2 saturated heterocycles. The summed E-state index contributed by atoms with van der Waals surface area (Å²) in [5.74, 6) is 0.460. The number of piperazine rings is 1. The molecule has 0 N–H and O–H groups in total. The fourth-order valence-corrected chi connectivity index (χ4v) is 6.10. The molecule has 0 spiro atoms. The molecule has 5 nitrogen and oxygen atoms in total. The van der Waals surface area contributed by atoms with Crippen LogP contribution in [0.5, 0.6) is 0 Å². The van der Waals surface area contributed by atoms with Gasteiger partial charge in [-0.1, -0.05) is 48.5 Å². The van der Waals surface area contributed by atoms with Crippen molar-refractivity contribution in [3.8, 4) is 0 Å². The lowest BCUT2D eigenvalue weighted by molar-refractivity contribution is -0.137. The molecule has 2 heterocycles. The van der Waals surface area contributed by atoms with Gasteiger partial charge in [-0.3, -0.25) is 9.59 Å². The van der Waals surface area contributed by atoms with E-state index >= 15 is 0 Å². The Bertz CT molecular complexity index is 1280. The molecule has 0 unspecified atom stereocenters. The van der Waals surface area contributed by atoms with E-state index in [1.165, 1.54) is 11.6 Å². The average Bonchev–Trinajstić information content (AvgIpc) is 3.32. The Balaban J connectivity index is 1.19. The third-order valence-corrected chi connectivity index (χ3v) is 8.26. The van der Waals surface area contributed by atoms with Gasteiger partial charge in [-0.25, -0.2) is 0 Å². The highest BCUT2D eigenvalue weighted by Gasteiger charge is 2.33. The van der Waals surface area contributed by atoms with Gasteiger partial charge in [0.1, 0.15) is 5.37 Å². The van der Waals surface area contributed by atoms with Crippen molar-refractivity contribution in [2.45, 2.75) is 18.0 Å². The van der Waals surface area contributed by atoms with Crippen molar-refractivity contribution in [3.05, 3.63) is 101 Å². The molecule has 9 heteroatoms. The molecule has 3 aromatic carbocycles. The topological polar surface area (TPSA) is 43.9 Å².